The molecule has 0 fully saturated rings. The Balaban J connectivity index is 1.46. The van der Waals surface area contributed by atoms with Gasteiger partial charge in [0.1, 0.15) is 5.82 Å². The molecule has 4 aromatic rings. The van der Waals surface area contributed by atoms with E-state index in [1.165, 1.54) is 12.1 Å². The van der Waals surface area contributed by atoms with Crippen molar-refractivity contribution in [1.82, 2.24) is 20.0 Å². The van der Waals surface area contributed by atoms with E-state index < -0.39 is 15.8 Å². The van der Waals surface area contributed by atoms with Gasteiger partial charge in [-0.15, -0.1) is 10.2 Å². The highest BCUT2D eigenvalue weighted by atomic mass is 32.2. The number of nitrogens with zero attached hydrogens (tertiary/aromatic N) is 4. The van der Waals surface area contributed by atoms with Crippen LogP contribution in [0.5, 0.6) is 0 Å². The van der Waals surface area contributed by atoms with Crippen LogP contribution in [0, 0.1) is 33.5 Å². The highest BCUT2D eigenvalue weighted by molar-refractivity contribution is 7.92. The van der Waals surface area contributed by atoms with Crippen LogP contribution in [-0.2, 0) is 10.0 Å². The van der Waals surface area contributed by atoms with Crippen LogP contribution in [-0.4, -0.2) is 28.4 Å². The molecule has 0 atom stereocenters. The molecular weight excluding hydrogens is 443 g/mol. The van der Waals surface area contributed by atoms with Crippen LogP contribution in [0.25, 0.3) is 5.82 Å². The van der Waals surface area contributed by atoms with Crippen molar-refractivity contribution in [2.45, 2.75) is 32.6 Å². The quantitative estimate of drug-likeness (QED) is 0.431. The monoisotopic (exact) mass is 466 g/mol. The summed E-state index contributed by atoms with van der Waals surface area (Å²) in [6.07, 6.45) is 0. The Morgan fingerprint density at radius 1 is 0.879 bits per heavy atom. The summed E-state index contributed by atoms with van der Waals surface area (Å²) in [5.41, 5.74) is 4.49. The normalized spacial score (nSPS) is 11.4. The molecule has 8 nitrogen and oxygen atoms in total. The molecule has 0 spiro atoms. The van der Waals surface area contributed by atoms with Crippen molar-refractivity contribution in [2.75, 3.05) is 10.0 Å². The third-order valence-electron chi connectivity index (χ3n) is 5.36. The van der Waals surface area contributed by atoms with Gasteiger partial charge in [-0.05, 0) is 93.4 Å². The van der Waals surface area contributed by atoms with Gasteiger partial charge in [-0.2, -0.15) is 5.10 Å². The zero-order valence-electron chi connectivity index (χ0n) is 18.6. The molecule has 0 aliphatic heterocycles. The predicted octanol–water partition coefficient (Wildman–Crippen LogP) is 4.58. The molecule has 0 aliphatic carbocycles. The van der Waals surface area contributed by atoms with Gasteiger partial charge >= 0.3 is 0 Å². The fourth-order valence-electron chi connectivity index (χ4n) is 3.34. The average Bonchev–Trinajstić information content (AvgIpc) is 3.02. The fourth-order valence-corrected chi connectivity index (χ4v) is 4.63. The minimum absolute atomic E-state index is 0.0271. The molecule has 0 bridgehead atoms. The first-order chi connectivity index (χ1) is 15.6. The van der Waals surface area contributed by atoms with Gasteiger partial charge in [0.25, 0.3) is 10.0 Å². The number of aryl methyl sites for hydroxylation is 2. The Morgan fingerprint density at radius 2 is 1.58 bits per heavy atom. The van der Waals surface area contributed by atoms with Crippen molar-refractivity contribution < 1.29 is 12.8 Å². The largest absolute Gasteiger partial charge is 0.339 e. The van der Waals surface area contributed by atoms with Crippen LogP contribution in [0.15, 0.2) is 59.5 Å². The Labute approximate surface area is 191 Å². The summed E-state index contributed by atoms with van der Waals surface area (Å²) in [5, 5.41) is 16.1. The van der Waals surface area contributed by atoms with E-state index in [0.29, 0.717) is 28.6 Å². The Hall–Kier alpha value is -3.79. The van der Waals surface area contributed by atoms with E-state index in [1.807, 2.05) is 26.8 Å². The number of hydrogen-bond donors (Lipinski definition) is 2. The molecule has 0 aliphatic rings. The molecule has 2 aromatic heterocycles. The average molecular weight is 467 g/mol. The lowest BCUT2D eigenvalue weighted by atomic mass is 10.2. The molecule has 2 N–H and O–H groups in total. The van der Waals surface area contributed by atoms with Gasteiger partial charge in [-0.1, -0.05) is 0 Å². The molecule has 4 rings (SSSR count). The van der Waals surface area contributed by atoms with Crippen LogP contribution in [0.1, 0.15) is 22.5 Å². The van der Waals surface area contributed by atoms with Gasteiger partial charge in [0.15, 0.2) is 11.6 Å². The lowest BCUT2D eigenvalue weighted by molar-refractivity contribution is 0.598. The van der Waals surface area contributed by atoms with E-state index in [-0.39, 0.29) is 4.90 Å². The molecule has 0 unspecified atom stereocenters. The maximum atomic E-state index is 13.3. The Kier molecular flexibility index (Phi) is 5.86. The topological polar surface area (TPSA) is 102 Å². The van der Waals surface area contributed by atoms with Crippen molar-refractivity contribution in [3.8, 4) is 5.82 Å². The third-order valence-corrected chi connectivity index (χ3v) is 6.90. The maximum Gasteiger partial charge on any atom is 0.262 e. The molecule has 0 amide bonds. The molecule has 0 radical (unpaired) electrons. The maximum absolute atomic E-state index is 13.3. The van der Waals surface area contributed by atoms with Gasteiger partial charge in [0.2, 0.25) is 0 Å². The van der Waals surface area contributed by atoms with Crippen LogP contribution in [0.2, 0.25) is 0 Å². The molecule has 2 aromatic carbocycles. The van der Waals surface area contributed by atoms with E-state index >= 15 is 0 Å². The zero-order chi connectivity index (χ0) is 23.8. The smallest absolute Gasteiger partial charge is 0.262 e. The van der Waals surface area contributed by atoms with E-state index in [9.17, 15) is 12.8 Å². The van der Waals surface area contributed by atoms with E-state index in [1.54, 1.807) is 41.9 Å². The van der Waals surface area contributed by atoms with Gasteiger partial charge in [-0.3, -0.25) is 4.72 Å². The number of sulfonamides is 1. The van der Waals surface area contributed by atoms with Crippen molar-refractivity contribution in [1.29, 1.82) is 0 Å². The van der Waals surface area contributed by atoms with Crippen LogP contribution >= 0.6 is 0 Å². The zero-order valence-corrected chi connectivity index (χ0v) is 19.4. The number of halogens is 1. The predicted molar refractivity (Wildman–Crippen MR) is 125 cm³/mol. The summed E-state index contributed by atoms with van der Waals surface area (Å²) in [6, 6.07) is 13.9. The molecule has 2 heterocycles. The van der Waals surface area contributed by atoms with Crippen molar-refractivity contribution in [2.24, 2.45) is 0 Å². The lowest BCUT2D eigenvalue weighted by Crippen LogP contribution is -2.14. The second-order valence-corrected chi connectivity index (χ2v) is 9.35. The first-order valence-corrected chi connectivity index (χ1v) is 11.7. The number of aromatic nitrogens is 4. The Bertz CT molecular complexity index is 1410. The van der Waals surface area contributed by atoms with E-state index in [4.69, 9.17) is 0 Å². The first-order valence-electron chi connectivity index (χ1n) is 10.2. The van der Waals surface area contributed by atoms with Gasteiger partial charge < -0.3 is 5.32 Å². The molecular formula is C23H23FN6O2S. The summed E-state index contributed by atoms with van der Waals surface area (Å²) < 4.78 is 42.8. The number of anilines is 3. The third kappa shape index (κ3) is 4.70. The SMILES string of the molecule is Cc1cc(F)ccc1S(=O)(=O)Nc1ccc(Nc2ccc(-n3nc(C)c(C)c3C)nn2)cc1. The fraction of sp³-hybridized carbons (Fsp3) is 0.174. The van der Waals surface area contributed by atoms with Crippen LogP contribution in [0.3, 0.4) is 0 Å². The second kappa shape index (κ2) is 8.62. The van der Waals surface area contributed by atoms with Crippen molar-refractivity contribution in [3.05, 3.63) is 82.9 Å². The highest BCUT2D eigenvalue weighted by Crippen LogP contribution is 2.23. The summed E-state index contributed by atoms with van der Waals surface area (Å²) in [7, 11) is -3.84. The number of nitrogens with one attached hydrogen (secondary N) is 2. The van der Waals surface area contributed by atoms with Crippen molar-refractivity contribution >= 4 is 27.2 Å². The molecule has 10 heteroatoms. The standard InChI is InChI=1S/C23H23FN6O2S/c1-14-13-18(24)5-10-21(14)33(31,32)29-20-8-6-19(7-9-20)25-22-11-12-23(27-26-22)30-17(4)15(2)16(3)28-30/h5-13,29H,1-4H3,(H,25,26). The van der Waals surface area contributed by atoms with E-state index in [0.717, 1.165) is 23.0 Å². The van der Waals surface area contributed by atoms with Gasteiger partial charge in [0, 0.05) is 17.1 Å². The number of hydrogen-bond acceptors (Lipinski definition) is 6. The summed E-state index contributed by atoms with van der Waals surface area (Å²) in [6.45, 7) is 7.50. The Morgan fingerprint density at radius 3 is 2.15 bits per heavy atom. The summed E-state index contributed by atoms with van der Waals surface area (Å²) >= 11 is 0. The molecule has 0 saturated heterocycles. The second-order valence-electron chi connectivity index (χ2n) is 7.70. The minimum Gasteiger partial charge on any atom is -0.339 e. The highest BCUT2D eigenvalue weighted by Gasteiger charge is 2.17. The van der Waals surface area contributed by atoms with Crippen LogP contribution < -0.4 is 10.0 Å². The van der Waals surface area contributed by atoms with Crippen molar-refractivity contribution in [3.63, 3.8) is 0 Å². The number of benzene rings is 2. The summed E-state index contributed by atoms with van der Waals surface area (Å²) in [4.78, 5) is 0.0271. The number of rotatable bonds is 6. The molecule has 33 heavy (non-hydrogen) atoms. The van der Waals surface area contributed by atoms with Gasteiger partial charge in [0.05, 0.1) is 10.6 Å². The first kappa shape index (κ1) is 22.4. The minimum atomic E-state index is -3.84. The lowest BCUT2D eigenvalue weighted by Gasteiger charge is -2.11. The van der Waals surface area contributed by atoms with Crippen LogP contribution in [0.4, 0.5) is 21.6 Å². The molecule has 170 valence electrons. The van der Waals surface area contributed by atoms with Gasteiger partial charge in [-0.25, -0.2) is 17.5 Å². The summed E-state index contributed by atoms with van der Waals surface area (Å²) in [5.74, 6) is 0.672. The van der Waals surface area contributed by atoms with E-state index in [2.05, 4.69) is 25.3 Å². The molecule has 0 saturated carbocycles.